The third-order valence-corrected chi connectivity index (χ3v) is 4.59. The first-order valence-electron chi connectivity index (χ1n) is 8.00. The first kappa shape index (κ1) is 16.5. The molecule has 1 rings (SSSR count). The molecule has 0 heterocycles. The van der Waals surface area contributed by atoms with Gasteiger partial charge in [0.2, 0.25) is 5.91 Å². The van der Waals surface area contributed by atoms with E-state index in [-0.39, 0.29) is 18.0 Å². The molecule has 0 aromatic heterocycles. The predicted molar refractivity (Wildman–Crippen MR) is 81.1 cm³/mol. The number of nitrogens with one attached hydrogen (secondary N) is 2. The molecule has 0 aromatic carbocycles. The van der Waals surface area contributed by atoms with Crippen LogP contribution in [0.5, 0.6) is 0 Å². The summed E-state index contributed by atoms with van der Waals surface area (Å²) in [6, 6.07) is 0.713. The molecule has 0 saturated heterocycles. The molecule has 19 heavy (non-hydrogen) atoms. The van der Waals surface area contributed by atoms with E-state index < -0.39 is 0 Å². The Kier molecular flexibility index (Phi) is 6.84. The summed E-state index contributed by atoms with van der Waals surface area (Å²) in [6.45, 7) is 10.9. The van der Waals surface area contributed by atoms with Crippen molar-refractivity contribution in [2.24, 2.45) is 11.8 Å². The van der Waals surface area contributed by atoms with Crippen molar-refractivity contribution in [1.29, 1.82) is 0 Å². The van der Waals surface area contributed by atoms with Crippen LogP contribution in [-0.2, 0) is 4.79 Å². The molecule has 0 aliphatic heterocycles. The minimum Gasteiger partial charge on any atom is -0.352 e. The number of rotatable bonds is 6. The van der Waals surface area contributed by atoms with Crippen molar-refractivity contribution >= 4 is 5.91 Å². The van der Waals surface area contributed by atoms with Crippen LogP contribution in [0.15, 0.2) is 0 Å². The van der Waals surface area contributed by atoms with Crippen molar-refractivity contribution in [1.82, 2.24) is 10.6 Å². The second-order valence-electron chi connectivity index (χ2n) is 6.55. The van der Waals surface area contributed by atoms with Crippen LogP contribution in [0.4, 0.5) is 0 Å². The Balaban J connectivity index is 2.33. The summed E-state index contributed by atoms with van der Waals surface area (Å²) in [5.41, 5.74) is 0. The molecule has 3 heteroatoms. The minimum atomic E-state index is -0.0788. The van der Waals surface area contributed by atoms with Gasteiger partial charge >= 0.3 is 0 Å². The molecule has 112 valence electrons. The topological polar surface area (TPSA) is 41.1 Å². The van der Waals surface area contributed by atoms with Crippen LogP contribution in [0.2, 0.25) is 0 Å². The number of hydrogen-bond acceptors (Lipinski definition) is 2. The fraction of sp³-hybridized carbons (Fsp3) is 0.938. The van der Waals surface area contributed by atoms with E-state index in [4.69, 9.17) is 0 Å². The van der Waals surface area contributed by atoms with Crippen LogP contribution in [0.3, 0.4) is 0 Å². The van der Waals surface area contributed by atoms with E-state index >= 15 is 0 Å². The van der Waals surface area contributed by atoms with Gasteiger partial charge in [-0.1, -0.05) is 27.2 Å². The highest BCUT2D eigenvalue weighted by Crippen LogP contribution is 2.29. The summed E-state index contributed by atoms with van der Waals surface area (Å²) in [5.74, 6) is 1.74. The van der Waals surface area contributed by atoms with Crippen LogP contribution in [0, 0.1) is 11.8 Å². The average Bonchev–Trinajstić information content (AvgIpc) is 2.34. The van der Waals surface area contributed by atoms with Gasteiger partial charge in [-0.25, -0.2) is 0 Å². The van der Waals surface area contributed by atoms with Gasteiger partial charge in [0.1, 0.15) is 0 Å². The van der Waals surface area contributed by atoms with E-state index in [9.17, 15) is 4.79 Å². The number of carbonyl (C=O) groups excluding carboxylic acids is 1. The predicted octanol–water partition coefficient (Wildman–Crippen LogP) is 3.09. The van der Waals surface area contributed by atoms with Gasteiger partial charge in [-0.2, -0.15) is 0 Å². The quantitative estimate of drug-likeness (QED) is 0.777. The van der Waals surface area contributed by atoms with Crippen LogP contribution in [0.1, 0.15) is 66.7 Å². The maximum atomic E-state index is 12.1. The summed E-state index contributed by atoms with van der Waals surface area (Å²) in [6.07, 6.45) is 5.84. The van der Waals surface area contributed by atoms with Gasteiger partial charge in [-0.3, -0.25) is 4.79 Å². The van der Waals surface area contributed by atoms with E-state index in [1.54, 1.807) is 0 Å². The smallest absolute Gasteiger partial charge is 0.237 e. The lowest BCUT2D eigenvalue weighted by molar-refractivity contribution is -0.123. The molecule has 5 atom stereocenters. The van der Waals surface area contributed by atoms with Crippen molar-refractivity contribution in [3.05, 3.63) is 0 Å². The molecule has 0 bridgehead atoms. The molecule has 2 N–H and O–H groups in total. The van der Waals surface area contributed by atoms with Gasteiger partial charge in [-0.15, -0.1) is 0 Å². The highest BCUT2D eigenvalue weighted by molar-refractivity contribution is 5.81. The lowest BCUT2D eigenvalue weighted by Crippen LogP contribution is -2.50. The minimum absolute atomic E-state index is 0.0788. The number of carbonyl (C=O) groups is 1. The molecular weight excluding hydrogens is 236 g/mol. The molecule has 0 spiro atoms. The molecule has 5 unspecified atom stereocenters. The summed E-state index contributed by atoms with van der Waals surface area (Å²) in [7, 11) is 0. The van der Waals surface area contributed by atoms with E-state index in [0.29, 0.717) is 6.04 Å². The van der Waals surface area contributed by atoms with Gasteiger partial charge in [-0.05, 0) is 51.4 Å². The van der Waals surface area contributed by atoms with Crippen LogP contribution in [-0.4, -0.2) is 24.0 Å². The maximum absolute atomic E-state index is 12.1. The van der Waals surface area contributed by atoms with Crippen molar-refractivity contribution in [2.75, 3.05) is 0 Å². The zero-order valence-electron chi connectivity index (χ0n) is 13.3. The number of hydrogen-bond donors (Lipinski definition) is 2. The lowest BCUT2D eigenvalue weighted by atomic mass is 9.79. The second kappa shape index (κ2) is 7.88. The summed E-state index contributed by atoms with van der Waals surface area (Å²) in [5, 5.41) is 6.59. The maximum Gasteiger partial charge on any atom is 0.237 e. The van der Waals surface area contributed by atoms with Crippen molar-refractivity contribution in [2.45, 2.75) is 84.8 Å². The molecule has 3 nitrogen and oxygen atoms in total. The van der Waals surface area contributed by atoms with Gasteiger partial charge in [0.25, 0.3) is 0 Å². The Morgan fingerprint density at radius 1 is 1.21 bits per heavy atom. The SMILES string of the molecule is CCCC(C)NC(=O)C(C)NC1CCC(C)C(C)C1. The Hall–Kier alpha value is -0.570. The first-order chi connectivity index (χ1) is 8.93. The van der Waals surface area contributed by atoms with Gasteiger partial charge < -0.3 is 10.6 Å². The van der Waals surface area contributed by atoms with E-state index in [0.717, 1.165) is 24.7 Å². The Bertz CT molecular complexity index is 280. The zero-order valence-corrected chi connectivity index (χ0v) is 13.3. The van der Waals surface area contributed by atoms with E-state index in [2.05, 4.69) is 38.3 Å². The fourth-order valence-corrected chi connectivity index (χ4v) is 3.00. The summed E-state index contributed by atoms with van der Waals surface area (Å²) < 4.78 is 0. The fourth-order valence-electron chi connectivity index (χ4n) is 3.00. The summed E-state index contributed by atoms with van der Waals surface area (Å²) in [4.78, 5) is 12.1. The molecule has 0 radical (unpaired) electrons. The molecule has 1 fully saturated rings. The Morgan fingerprint density at radius 3 is 2.47 bits per heavy atom. The molecule has 1 amide bonds. The van der Waals surface area contributed by atoms with Gasteiger partial charge in [0, 0.05) is 12.1 Å². The molecule has 1 aliphatic rings. The van der Waals surface area contributed by atoms with Crippen LogP contribution in [0.25, 0.3) is 0 Å². The third-order valence-electron chi connectivity index (χ3n) is 4.59. The van der Waals surface area contributed by atoms with Gasteiger partial charge in [0.05, 0.1) is 6.04 Å². The molecule has 1 saturated carbocycles. The number of amides is 1. The van der Waals surface area contributed by atoms with Crippen LogP contribution < -0.4 is 10.6 Å². The monoisotopic (exact) mass is 268 g/mol. The lowest BCUT2D eigenvalue weighted by Gasteiger charge is -2.34. The second-order valence-corrected chi connectivity index (χ2v) is 6.55. The molecule has 0 aromatic rings. The highest BCUT2D eigenvalue weighted by Gasteiger charge is 2.26. The molecule has 1 aliphatic carbocycles. The van der Waals surface area contributed by atoms with Crippen molar-refractivity contribution in [3.8, 4) is 0 Å². The molecular formula is C16H32N2O. The Labute approximate surface area is 118 Å². The van der Waals surface area contributed by atoms with E-state index in [1.165, 1.54) is 19.3 Å². The largest absolute Gasteiger partial charge is 0.352 e. The standard InChI is InChI=1S/C16H32N2O/c1-6-7-13(4)17-16(19)14(5)18-15-9-8-11(2)12(3)10-15/h11-15,18H,6-10H2,1-5H3,(H,17,19). The van der Waals surface area contributed by atoms with Gasteiger partial charge in [0.15, 0.2) is 0 Å². The highest BCUT2D eigenvalue weighted by atomic mass is 16.2. The zero-order chi connectivity index (χ0) is 14.4. The van der Waals surface area contributed by atoms with Crippen molar-refractivity contribution < 1.29 is 4.79 Å². The Morgan fingerprint density at radius 2 is 1.89 bits per heavy atom. The van der Waals surface area contributed by atoms with Crippen LogP contribution >= 0.6 is 0 Å². The normalized spacial score (nSPS) is 30.7. The van der Waals surface area contributed by atoms with Crippen molar-refractivity contribution in [3.63, 3.8) is 0 Å². The average molecular weight is 268 g/mol. The van der Waals surface area contributed by atoms with E-state index in [1.807, 2.05) is 6.92 Å². The summed E-state index contributed by atoms with van der Waals surface area (Å²) >= 11 is 0. The third kappa shape index (κ3) is 5.52. The first-order valence-corrected chi connectivity index (χ1v) is 8.00.